The fraction of sp³-hybridized carbons (Fsp3) is 0.429. The van der Waals surface area contributed by atoms with Gasteiger partial charge in [0, 0.05) is 14.5 Å². The first-order valence-electron chi connectivity index (χ1n) is 5.76. The van der Waals surface area contributed by atoms with Gasteiger partial charge in [0.15, 0.2) is 0 Å². The predicted octanol–water partition coefficient (Wildman–Crippen LogP) is 3.46. The van der Waals surface area contributed by atoms with Gasteiger partial charge >= 0.3 is 0 Å². The molecule has 2 heteroatoms. The van der Waals surface area contributed by atoms with Crippen LogP contribution >= 0.6 is 27.3 Å². The van der Waals surface area contributed by atoms with Crippen LogP contribution in [-0.4, -0.2) is 0 Å². The lowest BCUT2D eigenvalue weighted by Gasteiger charge is -1.86. The molecule has 1 aromatic rings. The molecular formula is C7H9BrS. The summed E-state index contributed by atoms with van der Waals surface area (Å²) < 4.78 is 52.0. The van der Waals surface area contributed by atoms with E-state index in [0.29, 0.717) is 3.79 Å². The summed E-state index contributed by atoms with van der Waals surface area (Å²) in [6.07, 6.45) is -5.47. The zero-order valence-electron chi connectivity index (χ0n) is 11.4. The minimum Gasteiger partial charge on any atom is -0.133 e. The lowest BCUT2D eigenvalue weighted by atomic mass is 10.3. The quantitative estimate of drug-likeness (QED) is 0.704. The highest BCUT2D eigenvalue weighted by Crippen LogP contribution is 2.22. The Morgan fingerprint density at radius 1 is 1.89 bits per heavy atom. The Bertz CT molecular complexity index is 380. The maximum atomic E-state index is 7.66. The molecule has 0 amide bonds. The van der Waals surface area contributed by atoms with E-state index in [2.05, 4.69) is 15.9 Å². The van der Waals surface area contributed by atoms with Crippen LogP contribution in [0.25, 0.3) is 0 Å². The van der Waals surface area contributed by atoms with Crippen molar-refractivity contribution in [3.05, 3.63) is 20.8 Å². The van der Waals surface area contributed by atoms with Gasteiger partial charge in [0.2, 0.25) is 0 Å². The number of thiophene rings is 1. The Morgan fingerprint density at radius 3 is 3.33 bits per heavy atom. The minimum absolute atomic E-state index is 0.0560. The molecule has 0 bridgehead atoms. The van der Waals surface area contributed by atoms with Crippen molar-refractivity contribution >= 4 is 27.3 Å². The van der Waals surface area contributed by atoms with Crippen molar-refractivity contribution in [2.45, 2.75) is 19.6 Å². The smallest absolute Gasteiger partial charge is 0.0701 e. The third-order valence-corrected chi connectivity index (χ3v) is 2.30. The molecule has 0 radical (unpaired) electrons. The number of aryl methyl sites for hydroxylation is 1. The van der Waals surface area contributed by atoms with E-state index in [4.69, 9.17) is 9.60 Å². The third-order valence-electron chi connectivity index (χ3n) is 0.759. The fourth-order valence-corrected chi connectivity index (χ4v) is 1.68. The number of rotatable bonds is 2. The molecule has 0 aliphatic carbocycles. The Labute approximate surface area is 77.9 Å². The van der Waals surface area contributed by atoms with Crippen LogP contribution in [0.3, 0.4) is 0 Å². The van der Waals surface area contributed by atoms with E-state index in [1.165, 1.54) is 6.07 Å². The average molecular weight is 212 g/mol. The van der Waals surface area contributed by atoms with Crippen molar-refractivity contribution in [2.75, 3.05) is 0 Å². The standard InChI is InChI=1S/C7H9BrS/c1-2-3-6-4-5-7(8)9-6/h4-5H,2-3H2,1H3/i1D3,2D2,3D2. The van der Waals surface area contributed by atoms with Gasteiger partial charge in [0.25, 0.3) is 0 Å². The summed E-state index contributed by atoms with van der Waals surface area (Å²) in [6, 6.07) is 2.95. The van der Waals surface area contributed by atoms with Crippen molar-refractivity contribution in [2.24, 2.45) is 0 Å². The van der Waals surface area contributed by atoms with E-state index in [9.17, 15) is 0 Å². The molecule has 0 atom stereocenters. The number of hydrogen-bond acceptors (Lipinski definition) is 1. The van der Waals surface area contributed by atoms with Crippen molar-refractivity contribution in [3.8, 4) is 0 Å². The van der Waals surface area contributed by atoms with Crippen molar-refractivity contribution in [3.63, 3.8) is 0 Å². The van der Waals surface area contributed by atoms with Crippen LogP contribution in [0.4, 0.5) is 0 Å². The summed E-state index contributed by atoms with van der Waals surface area (Å²) in [5.74, 6) is 0. The molecule has 0 aliphatic heterocycles. The molecular weight excluding hydrogens is 196 g/mol. The molecule has 0 unspecified atom stereocenters. The van der Waals surface area contributed by atoms with Crippen LogP contribution in [0.1, 0.15) is 27.7 Å². The first-order valence-corrected chi connectivity index (χ1v) is 3.87. The molecule has 0 saturated carbocycles. The Hall–Kier alpha value is 0.180. The fourth-order valence-electron chi connectivity index (χ4n) is 0.443. The summed E-state index contributed by atoms with van der Waals surface area (Å²) in [5, 5.41) is 0. The molecule has 50 valence electrons. The summed E-state index contributed by atoms with van der Waals surface area (Å²) in [7, 11) is 0. The predicted molar refractivity (Wildman–Crippen MR) is 46.0 cm³/mol. The minimum atomic E-state index is -3.01. The highest BCUT2D eigenvalue weighted by Gasteiger charge is 1.93. The van der Waals surface area contributed by atoms with Crippen LogP contribution < -0.4 is 0 Å². The molecule has 9 heavy (non-hydrogen) atoms. The number of halogens is 1. The van der Waals surface area contributed by atoms with Gasteiger partial charge in [-0.3, -0.25) is 0 Å². The van der Waals surface area contributed by atoms with Crippen LogP contribution in [-0.2, 0) is 6.37 Å². The van der Waals surface area contributed by atoms with Gasteiger partial charge in [-0.25, -0.2) is 0 Å². The van der Waals surface area contributed by atoms with Crippen LogP contribution in [0.2, 0.25) is 0 Å². The molecule has 1 aromatic heterocycles. The van der Waals surface area contributed by atoms with Gasteiger partial charge < -0.3 is 0 Å². The lowest BCUT2D eigenvalue weighted by molar-refractivity contribution is 0.940. The van der Waals surface area contributed by atoms with Gasteiger partial charge in [-0.15, -0.1) is 11.3 Å². The summed E-state index contributed by atoms with van der Waals surface area (Å²) >= 11 is 4.12. The van der Waals surface area contributed by atoms with Crippen molar-refractivity contribution < 1.29 is 9.60 Å². The first kappa shape index (κ1) is 2.35. The van der Waals surface area contributed by atoms with Gasteiger partial charge in [0.1, 0.15) is 0 Å². The lowest BCUT2D eigenvalue weighted by Crippen LogP contribution is -1.71. The van der Waals surface area contributed by atoms with E-state index in [1.54, 1.807) is 6.07 Å². The van der Waals surface area contributed by atoms with E-state index < -0.39 is 19.6 Å². The second-order valence-electron chi connectivity index (χ2n) is 1.35. The molecule has 1 rings (SSSR count). The zero-order valence-corrected chi connectivity index (χ0v) is 6.84. The molecule has 1 heterocycles. The molecule has 0 spiro atoms. The third kappa shape index (κ3) is 2.11. The highest BCUT2D eigenvalue weighted by molar-refractivity contribution is 9.11. The van der Waals surface area contributed by atoms with E-state index in [0.717, 1.165) is 11.3 Å². The van der Waals surface area contributed by atoms with Crippen LogP contribution in [0, 0.1) is 0 Å². The second-order valence-corrected chi connectivity index (χ2v) is 3.82. The van der Waals surface area contributed by atoms with Crippen LogP contribution in [0.5, 0.6) is 0 Å². The molecule has 0 aliphatic rings. The molecule has 0 N–H and O–H groups in total. The largest absolute Gasteiger partial charge is 0.133 e. The topological polar surface area (TPSA) is 0 Å². The van der Waals surface area contributed by atoms with Gasteiger partial charge in [-0.2, -0.15) is 0 Å². The highest BCUT2D eigenvalue weighted by atomic mass is 79.9. The second kappa shape index (κ2) is 3.37. The summed E-state index contributed by atoms with van der Waals surface area (Å²) in [5.41, 5.74) is 0. The SMILES string of the molecule is [2H]C([2H])([2H])C([2H])([2H])C([2H])([2H])c1ccc(Br)s1. The van der Waals surface area contributed by atoms with Crippen molar-refractivity contribution in [1.29, 1.82) is 0 Å². The maximum absolute atomic E-state index is 7.66. The Morgan fingerprint density at radius 2 is 2.78 bits per heavy atom. The molecule has 0 aromatic carbocycles. The van der Waals surface area contributed by atoms with Gasteiger partial charge in [-0.05, 0) is 34.4 Å². The average Bonchev–Trinajstić information content (AvgIpc) is 2.49. The van der Waals surface area contributed by atoms with E-state index >= 15 is 0 Å². The summed E-state index contributed by atoms with van der Waals surface area (Å²) in [6.45, 7) is -3.01. The van der Waals surface area contributed by atoms with Crippen LogP contribution in [0.15, 0.2) is 15.9 Å². The first-order chi connectivity index (χ1) is 7.00. The van der Waals surface area contributed by atoms with Gasteiger partial charge in [0.05, 0.1) is 3.79 Å². The molecule has 0 saturated heterocycles. The van der Waals surface area contributed by atoms with E-state index in [1.807, 2.05) is 0 Å². The summed E-state index contributed by atoms with van der Waals surface area (Å²) in [4.78, 5) is 0.0560. The normalized spacial score (nSPS) is 26.1. The zero-order chi connectivity index (χ0) is 12.8. The van der Waals surface area contributed by atoms with E-state index in [-0.39, 0.29) is 4.88 Å². The molecule has 0 fully saturated rings. The Kier molecular flexibility index (Phi) is 0.880. The monoisotopic (exact) mass is 211 g/mol. The van der Waals surface area contributed by atoms with Crippen molar-refractivity contribution in [1.82, 2.24) is 0 Å². The molecule has 0 nitrogen and oxygen atoms in total. The van der Waals surface area contributed by atoms with Gasteiger partial charge in [-0.1, -0.05) is 13.2 Å². The Balaban J connectivity index is 3.21. The maximum Gasteiger partial charge on any atom is 0.0701 e. The number of hydrogen-bond donors (Lipinski definition) is 0.